The van der Waals surface area contributed by atoms with Gasteiger partial charge in [0.15, 0.2) is 0 Å². The maximum absolute atomic E-state index is 13.9. The van der Waals surface area contributed by atoms with Crippen LogP contribution in [0.3, 0.4) is 0 Å². The summed E-state index contributed by atoms with van der Waals surface area (Å²) in [6, 6.07) is 12.4. The van der Waals surface area contributed by atoms with E-state index in [1.165, 1.54) is 24.3 Å². The molecule has 39 heavy (non-hydrogen) atoms. The second-order valence-corrected chi connectivity index (χ2v) is 10.3. The zero-order valence-electron chi connectivity index (χ0n) is 22.2. The molecule has 1 saturated carbocycles. The molecular weight excluding hydrogens is 505 g/mol. The SMILES string of the molecule is CCCC(F)(F)Oc1ccc(/C2=C/C(C(=O)NCC3(O)CCCCC3)=N\C(c3cccc(F)c3)=C/CC2)cc1. The zero-order valence-corrected chi connectivity index (χ0v) is 22.2. The minimum Gasteiger partial charge on any atom is -0.433 e. The molecule has 0 saturated heterocycles. The molecule has 0 unspecified atom stereocenters. The van der Waals surface area contributed by atoms with Crippen LogP contribution in [0.5, 0.6) is 5.75 Å². The first kappa shape index (κ1) is 28.6. The maximum atomic E-state index is 13.9. The Bertz CT molecular complexity index is 1250. The lowest BCUT2D eigenvalue weighted by Gasteiger charge is -2.32. The summed E-state index contributed by atoms with van der Waals surface area (Å²) >= 11 is 0. The first-order chi connectivity index (χ1) is 18.7. The number of nitrogens with one attached hydrogen (secondary N) is 1. The third-order valence-electron chi connectivity index (χ3n) is 7.05. The van der Waals surface area contributed by atoms with Gasteiger partial charge in [0.25, 0.3) is 5.91 Å². The van der Waals surface area contributed by atoms with E-state index in [1.807, 2.05) is 6.08 Å². The molecule has 0 radical (unpaired) electrons. The van der Waals surface area contributed by atoms with E-state index in [1.54, 1.807) is 37.3 Å². The number of carbonyl (C=O) groups is 1. The summed E-state index contributed by atoms with van der Waals surface area (Å²) in [5.41, 5.74) is 1.75. The van der Waals surface area contributed by atoms with Gasteiger partial charge < -0.3 is 15.2 Å². The number of benzene rings is 2. The number of hydrogen-bond acceptors (Lipinski definition) is 4. The highest BCUT2D eigenvalue weighted by molar-refractivity contribution is 6.45. The van der Waals surface area contributed by atoms with Gasteiger partial charge in [-0.1, -0.05) is 56.5 Å². The molecule has 1 aliphatic carbocycles. The van der Waals surface area contributed by atoms with Crippen LogP contribution in [-0.2, 0) is 4.79 Å². The van der Waals surface area contributed by atoms with E-state index in [9.17, 15) is 23.1 Å². The predicted molar refractivity (Wildman–Crippen MR) is 147 cm³/mol. The van der Waals surface area contributed by atoms with Crippen LogP contribution in [0.1, 0.15) is 75.8 Å². The average Bonchev–Trinajstić information content (AvgIpc) is 2.88. The number of ether oxygens (including phenoxy) is 1. The summed E-state index contributed by atoms with van der Waals surface area (Å²) < 4.78 is 46.6. The molecule has 4 rings (SSSR count). The summed E-state index contributed by atoms with van der Waals surface area (Å²) in [6.45, 7) is 1.78. The van der Waals surface area contributed by atoms with Crippen molar-refractivity contribution in [1.82, 2.24) is 5.32 Å². The number of halogens is 3. The van der Waals surface area contributed by atoms with Gasteiger partial charge in [0.05, 0.1) is 17.7 Å². The van der Waals surface area contributed by atoms with Crippen molar-refractivity contribution in [2.45, 2.75) is 76.4 Å². The Labute approximate surface area is 227 Å². The van der Waals surface area contributed by atoms with E-state index in [2.05, 4.69) is 10.3 Å². The maximum Gasteiger partial charge on any atom is 0.397 e. The number of amides is 1. The zero-order chi connectivity index (χ0) is 27.9. The Morgan fingerprint density at radius 1 is 1.10 bits per heavy atom. The number of alkyl halides is 2. The smallest absolute Gasteiger partial charge is 0.397 e. The van der Waals surface area contributed by atoms with Crippen molar-refractivity contribution in [2.75, 3.05) is 6.54 Å². The summed E-state index contributed by atoms with van der Waals surface area (Å²) in [6.07, 6.45) is 5.47. The number of aliphatic hydroxyl groups is 1. The summed E-state index contributed by atoms with van der Waals surface area (Å²) in [5, 5.41) is 13.7. The molecule has 0 aromatic heterocycles. The Morgan fingerprint density at radius 2 is 1.85 bits per heavy atom. The van der Waals surface area contributed by atoms with Crippen LogP contribution in [0, 0.1) is 5.82 Å². The Kier molecular flexibility index (Phi) is 9.28. The lowest BCUT2D eigenvalue weighted by Crippen LogP contribution is -2.45. The molecule has 2 aromatic rings. The van der Waals surface area contributed by atoms with E-state index in [0.29, 0.717) is 43.4 Å². The minimum atomic E-state index is -3.24. The average molecular weight is 541 g/mol. The van der Waals surface area contributed by atoms with Crippen molar-refractivity contribution in [3.63, 3.8) is 0 Å². The monoisotopic (exact) mass is 540 g/mol. The first-order valence-electron chi connectivity index (χ1n) is 13.6. The predicted octanol–water partition coefficient (Wildman–Crippen LogP) is 7.07. The van der Waals surface area contributed by atoms with E-state index in [4.69, 9.17) is 4.74 Å². The molecule has 2 aliphatic rings. The van der Waals surface area contributed by atoms with Crippen molar-refractivity contribution in [3.8, 4) is 5.75 Å². The molecule has 2 N–H and O–H groups in total. The van der Waals surface area contributed by atoms with Gasteiger partial charge in [-0.2, -0.15) is 8.78 Å². The highest BCUT2D eigenvalue weighted by Gasteiger charge is 2.31. The van der Waals surface area contributed by atoms with Crippen molar-refractivity contribution in [1.29, 1.82) is 0 Å². The third kappa shape index (κ3) is 8.05. The minimum absolute atomic E-state index is 0.0595. The van der Waals surface area contributed by atoms with Crippen LogP contribution in [0.2, 0.25) is 0 Å². The Hall–Kier alpha value is -3.39. The Balaban J connectivity index is 1.61. The van der Waals surface area contributed by atoms with Gasteiger partial charge in [-0.05, 0) is 73.6 Å². The van der Waals surface area contributed by atoms with Crippen LogP contribution < -0.4 is 10.1 Å². The summed E-state index contributed by atoms with van der Waals surface area (Å²) in [4.78, 5) is 18.0. The van der Waals surface area contributed by atoms with Crippen LogP contribution in [0.25, 0.3) is 11.3 Å². The van der Waals surface area contributed by atoms with E-state index in [0.717, 1.165) is 30.4 Å². The quantitative estimate of drug-likeness (QED) is 0.357. The molecular formula is C31H35F3N2O3. The van der Waals surface area contributed by atoms with Gasteiger partial charge in [0.1, 0.15) is 17.3 Å². The number of nitrogens with zero attached hydrogens (tertiary/aromatic N) is 1. The van der Waals surface area contributed by atoms with Crippen LogP contribution in [0.4, 0.5) is 13.2 Å². The molecule has 0 bridgehead atoms. The van der Waals surface area contributed by atoms with E-state index >= 15 is 0 Å². The van der Waals surface area contributed by atoms with Crippen LogP contribution >= 0.6 is 0 Å². The van der Waals surface area contributed by atoms with Crippen LogP contribution in [0.15, 0.2) is 65.7 Å². The first-order valence-corrected chi connectivity index (χ1v) is 13.6. The highest BCUT2D eigenvalue weighted by Crippen LogP contribution is 2.31. The fourth-order valence-electron chi connectivity index (χ4n) is 4.96. The molecule has 8 heteroatoms. The number of carbonyl (C=O) groups excluding carboxylic acids is 1. The molecule has 0 spiro atoms. The second kappa shape index (κ2) is 12.6. The van der Waals surface area contributed by atoms with Gasteiger partial charge in [-0.3, -0.25) is 4.79 Å². The Morgan fingerprint density at radius 3 is 2.54 bits per heavy atom. The fourth-order valence-corrected chi connectivity index (χ4v) is 4.96. The molecule has 1 heterocycles. The lowest BCUT2D eigenvalue weighted by atomic mass is 9.85. The highest BCUT2D eigenvalue weighted by atomic mass is 19.3. The van der Waals surface area contributed by atoms with Gasteiger partial charge in [0, 0.05) is 12.1 Å². The molecule has 5 nitrogen and oxygen atoms in total. The van der Waals surface area contributed by atoms with E-state index < -0.39 is 23.4 Å². The number of allylic oxidation sites excluding steroid dienone is 2. The second-order valence-electron chi connectivity index (χ2n) is 10.3. The largest absolute Gasteiger partial charge is 0.433 e. The molecule has 1 amide bonds. The molecule has 1 fully saturated rings. The summed E-state index contributed by atoms with van der Waals surface area (Å²) in [7, 11) is 0. The number of hydrogen-bond donors (Lipinski definition) is 2. The van der Waals surface area contributed by atoms with Gasteiger partial charge in [-0.15, -0.1) is 0 Å². The third-order valence-corrected chi connectivity index (χ3v) is 7.05. The van der Waals surface area contributed by atoms with Crippen molar-refractivity contribution >= 4 is 22.9 Å². The normalized spacial score (nSPS) is 21.7. The summed E-state index contributed by atoms with van der Waals surface area (Å²) in [5.74, 6) is -0.793. The number of rotatable bonds is 9. The van der Waals surface area contributed by atoms with Gasteiger partial charge in [0.2, 0.25) is 0 Å². The van der Waals surface area contributed by atoms with Crippen molar-refractivity contribution < 1.29 is 27.8 Å². The molecule has 1 aliphatic heterocycles. The molecule has 208 valence electrons. The van der Waals surface area contributed by atoms with Crippen molar-refractivity contribution in [3.05, 3.63) is 77.6 Å². The topological polar surface area (TPSA) is 70.9 Å². The standard InChI is InChI=1S/C31H35F3N2O3/c1-2-16-31(33,34)39-26-14-12-22(13-15-26)23-8-7-11-27(24-9-6-10-25(32)19-24)36-28(20-23)29(37)35-21-30(38)17-4-3-5-18-30/h6,9-15,19-20,38H,2-5,7-8,16-18,21H2,1H3,(H,35,37)/b23-20+,27-11-,36-28+. The number of aliphatic imine (C=N–C) groups is 1. The van der Waals surface area contributed by atoms with Gasteiger partial charge in [-0.25, -0.2) is 9.38 Å². The molecule has 0 atom stereocenters. The van der Waals surface area contributed by atoms with Crippen LogP contribution in [-0.4, -0.2) is 35.0 Å². The molecule has 2 aromatic carbocycles. The lowest BCUT2D eigenvalue weighted by molar-refractivity contribution is -0.180. The van der Waals surface area contributed by atoms with E-state index in [-0.39, 0.29) is 24.4 Å². The fraction of sp³-hybridized carbons (Fsp3) is 0.419. The van der Waals surface area contributed by atoms with Gasteiger partial charge >= 0.3 is 6.11 Å². The van der Waals surface area contributed by atoms with Crippen molar-refractivity contribution in [2.24, 2.45) is 4.99 Å².